The van der Waals surface area contributed by atoms with Crippen molar-refractivity contribution in [3.63, 3.8) is 0 Å². The average molecular weight is 341 g/mol. The highest BCUT2D eigenvalue weighted by Crippen LogP contribution is 2.30. The molecular formula is C13H8Cl3N5. The molecule has 0 bridgehead atoms. The molecule has 0 aliphatic heterocycles. The van der Waals surface area contributed by atoms with Gasteiger partial charge >= 0.3 is 0 Å². The van der Waals surface area contributed by atoms with E-state index in [2.05, 4.69) is 15.5 Å². The monoisotopic (exact) mass is 339 g/mol. The fraction of sp³-hybridized carbons (Fsp3) is 0. The first-order valence-corrected chi connectivity index (χ1v) is 6.99. The minimum absolute atomic E-state index is 0.452. The van der Waals surface area contributed by atoms with Crippen LogP contribution in [0, 0.1) is 0 Å². The molecule has 0 aliphatic rings. The summed E-state index contributed by atoms with van der Waals surface area (Å²) in [5.41, 5.74) is 7.67. The van der Waals surface area contributed by atoms with E-state index in [4.69, 9.17) is 40.5 Å². The van der Waals surface area contributed by atoms with E-state index in [-0.39, 0.29) is 0 Å². The van der Waals surface area contributed by atoms with Gasteiger partial charge in [0.15, 0.2) is 5.82 Å². The fourth-order valence-electron chi connectivity index (χ4n) is 1.90. The predicted octanol–water partition coefficient (Wildman–Crippen LogP) is 3.87. The first kappa shape index (κ1) is 14.1. The SMILES string of the molecule is Nc1cc(Cl)ccc1-c1nnnn1-c1cc(Cl)ccc1Cl. The normalized spacial score (nSPS) is 10.8. The molecule has 0 aliphatic carbocycles. The highest BCUT2D eigenvalue weighted by atomic mass is 35.5. The number of benzene rings is 2. The van der Waals surface area contributed by atoms with Crippen LogP contribution in [0.4, 0.5) is 5.69 Å². The molecule has 0 amide bonds. The van der Waals surface area contributed by atoms with Crippen LogP contribution in [0.5, 0.6) is 0 Å². The highest BCUT2D eigenvalue weighted by Gasteiger charge is 2.16. The quantitative estimate of drug-likeness (QED) is 0.719. The van der Waals surface area contributed by atoms with Crippen LogP contribution in [0.25, 0.3) is 17.1 Å². The maximum atomic E-state index is 6.18. The van der Waals surface area contributed by atoms with Gasteiger partial charge in [0.05, 0.1) is 10.7 Å². The zero-order valence-corrected chi connectivity index (χ0v) is 12.7. The lowest BCUT2D eigenvalue weighted by Crippen LogP contribution is -2.02. The van der Waals surface area contributed by atoms with Gasteiger partial charge in [-0.05, 0) is 46.8 Å². The van der Waals surface area contributed by atoms with E-state index < -0.39 is 0 Å². The first-order valence-electron chi connectivity index (χ1n) is 5.85. The van der Waals surface area contributed by atoms with Crippen LogP contribution in [0.2, 0.25) is 15.1 Å². The smallest absolute Gasteiger partial charge is 0.189 e. The molecule has 106 valence electrons. The Morgan fingerprint density at radius 1 is 0.952 bits per heavy atom. The number of nitrogen functional groups attached to an aromatic ring is 1. The van der Waals surface area contributed by atoms with Crippen molar-refractivity contribution < 1.29 is 0 Å². The van der Waals surface area contributed by atoms with Crippen molar-refractivity contribution in [2.24, 2.45) is 0 Å². The van der Waals surface area contributed by atoms with Crippen LogP contribution in [-0.4, -0.2) is 20.2 Å². The Bertz CT molecular complexity index is 815. The molecule has 21 heavy (non-hydrogen) atoms. The molecule has 5 nitrogen and oxygen atoms in total. The molecule has 0 unspecified atom stereocenters. The van der Waals surface area contributed by atoms with E-state index >= 15 is 0 Å². The van der Waals surface area contributed by atoms with Gasteiger partial charge in [-0.3, -0.25) is 0 Å². The summed E-state index contributed by atoms with van der Waals surface area (Å²) in [6, 6.07) is 10.1. The Morgan fingerprint density at radius 3 is 2.43 bits per heavy atom. The number of hydrogen-bond acceptors (Lipinski definition) is 4. The number of nitrogens with zero attached hydrogens (tertiary/aromatic N) is 4. The Kier molecular flexibility index (Phi) is 3.71. The van der Waals surface area contributed by atoms with E-state index in [1.54, 1.807) is 36.4 Å². The Hall–Kier alpha value is -1.82. The standard InChI is InChI=1S/C13H8Cl3N5/c14-7-1-3-9(11(17)5-7)13-18-19-20-21(13)12-6-8(15)2-4-10(12)16/h1-6H,17H2. The molecule has 3 rings (SSSR count). The molecule has 0 saturated carbocycles. The lowest BCUT2D eigenvalue weighted by atomic mass is 10.1. The molecule has 8 heteroatoms. The van der Waals surface area contributed by atoms with Crippen LogP contribution in [-0.2, 0) is 0 Å². The van der Waals surface area contributed by atoms with E-state index in [9.17, 15) is 0 Å². The molecule has 3 aromatic rings. The number of hydrogen-bond donors (Lipinski definition) is 1. The summed E-state index contributed by atoms with van der Waals surface area (Å²) in [4.78, 5) is 0. The van der Waals surface area contributed by atoms with E-state index in [0.717, 1.165) is 0 Å². The lowest BCUT2D eigenvalue weighted by molar-refractivity contribution is 0.791. The minimum atomic E-state index is 0.452. The molecule has 0 atom stereocenters. The van der Waals surface area contributed by atoms with Crippen molar-refractivity contribution in [3.05, 3.63) is 51.5 Å². The van der Waals surface area contributed by atoms with Gasteiger partial charge in [-0.2, -0.15) is 4.68 Å². The summed E-state index contributed by atoms with van der Waals surface area (Å²) >= 11 is 18.1. The highest BCUT2D eigenvalue weighted by molar-refractivity contribution is 6.34. The maximum Gasteiger partial charge on any atom is 0.189 e. The van der Waals surface area contributed by atoms with Crippen molar-refractivity contribution in [1.29, 1.82) is 0 Å². The Labute approximate surface area is 135 Å². The summed E-state index contributed by atoms with van der Waals surface area (Å²) in [6.45, 7) is 0. The fourth-order valence-corrected chi connectivity index (χ4v) is 2.45. The number of anilines is 1. The van der Waals surface area contributed by atoms with E-state index in [1.807, 2.05) is 0 Å². The second-order valence-corrected chi connectivity index (χ2v) is 5.52. The summed E-state index contributed by atoms with van der Waals surface area (Å²) in [5, 5.41) is 13.2. The van der Waals surface area contributed by atoms with Crippen molar-refractivity contribution in [1.82, 2.24) is 20.2 Å². The molecule has 0 saturated heterocycles. The third-order valence-electron chi connectivity index (χ3n) is 2.86. The minimum Gasteiger partial charge on any atom is -0.398 e. The number of nitrogens with two attached hydrogens (primary N) is 1. The molecule has 1 heterocycles. The summed E-state index contributed by atoms with van der Waals surface area (Å²) in [5.74, 6) is 0.452. The molecule has 1 aromatic heterocycles. The number of aromatic nitrogens is 4. The van der Waals surface area contributed by atoms with Gasteiger partial charge < -0.3 is 5.73 Å². The zero-order chi connectivity index (χ0) is 15.0. The third kappa shape index (κ3) is 2.68. The Balaban J connectivity index is 2.19. The Morgan fingerprint density at radius 2 is 1.67 bits per heavy atom. The van der Waals surface area contributed by atoms with Crippen molar-refractivity contribution >= 4 is 40.5 Å². The van der Waals surface area contributed by atoms with Crippen LogP contribution in [0.15, 0.2) is 36.4 Å². The van der Waals surface area contributed by atoms with E-state index in [0.29, 0.717) is 37.8 Å². The summed E-state index contributed by atoms with van der Waals surface area (Å²) in [6.07, 6.45) is 0. The molecule has 0 fully saturated rings. The summed E-state index contributed by atoms with van der Waals surface area (Å²) < 4.78 is 1.48. The zero-order valence-electron chi connectivity index (χ0n) is 10.5. The van der Waals surface area contributed by atoms with Gasteiger partial charge in [-0.15, -0.1) is 5.10 Å². The topological polar surface area (TPSA) is 69.6 Å². The van der Waals surface area contributed by atoms with Crippen molar-refractivity contribution in [2.45, 2.75) is 0 Å². The molecule has 0 spiro atoms. The van der Waals surface area contributed by atoms with Crippen molar-refractivity contribution in [2.75, 3.05) is 5.73 Å². The van der Waals surface area contributed by atoms with Gasteiger partial charge in [0.2, 0.25) is 0 Å². The van der Waals surface area contributed by atoms with E-state index in [1.165, 1.54) is 4.68 Å². The molecule has 2 aromatic carbocycles. The van der Waals surface area contributed by atoms with Gasteiger partial charge in [0.1, 0.15) is 0 Å². The number of halogens is 3. The first-order chi connectivity index (χ1) is 10.1. The van der Waals surface area contributed by atoms with Gasteiger partial charge in [-0.1, -0.05) is 34.8 Å². The van der Waals surface area contributed by atoms with Gasteiger partial charge in [0, 0.05) is 21.3 Å². The maximum absolute atomic E-state index is 6.18. The molecular weight excluding hydrogens is 333 g/mol. The van der Waals surface area contributed by atoms with Crippen LogP contribution in [0.3, 0.4) is 0 Å². The van der Waals surface area contributed by atoms with Gasteiger partial charge in [-0.25, -0.2) is 0 Å². The largest absolute Gasteiger partial charge is 0.398 e. The summed E-state index contributed by atoms with van der Waals surface area (Å²) in [7, 11) is 0. The lowest BCUT2D eigenvalue weighted by Gasteiger charge is -2.09. The molecule has 2 N–H and O–H groups in total. The second kappa shape index (κ2) is 5.52. The number of rotatable bonds is 2. The third-order valence-corrected chi connectivity index (χ3v) is 3.65. The van der Waals surface area contributed by atoms with Crippen LogP contribution < -0.4 is 5.73 Å². The van der Waals surface area contributed by atoms with Crippen molar-refractivity contribution in [3.8, 4) is 17.1 Å². The second-order valence-electron chi connectivity index (χ2n) is 4.24. The van der Waals surface area contributed by atoms with Crippen LogP contribution in [0.1, 0.15) is 0 Å². The number of tetrazole rings is 1. The average Bonchev–Trinajstić information content (AvgIpc) is 2.90. The molecule has 0 radical (unpaired) electrons. The van der Waals surface area contributed by atoms with Gasteiger partial charge in [0.25, 0.3) is 0 Å². The van der Waals surface area contributed by atoms with Crippen LogP contribution >= 0.6 is 34.8 Å². The predicted molar refractivity (Wildman–Crippen MR) is 84.0 cm³/mol.